The van der Waals surface area contributed by atoms with Crippen LogP contribution in [0.5, 0.6) is 0 Å². The number of rotatable bonds is 4. The van der Waals surface area contributed by atoms with Crippen molar-refractivity contribution in [2.24, 2.45) is 0 Å². The molecule has 2 aliphatic rings. The van der Waals surface area contributed by atoms with Gasteiger partial charge in [0.25, 0.3) is 0 Å². The Morgan fingerprint density at radius 2 is 1.81 bits per heavy atom. The molecule has 1 heterocycles. The third kappa shape index (κ3) is 3.86. The first-order chi connectivity index (χ1) is 12.6. The number of hydrogen-bond acceptors (Lipinski definition) is 4. The summed E-state index contributed by atoms with van der Waals surface area (Å²) in [5.41, 5.74) is 2.00. The second-order valence-corrected chi connectivity index (χ2v) is 7.71. The van der Waals surface area contributed by atoms with Crippen molar-refractivity contribution in [1.82, 2.24) is 9.80 Å². The number of aryl methyl sites for hydroxylation is 1. The number of para-hydroxylation sites is 1. The number of anilines is 1. The van der Waals surface area contributed by atoms with Gasteiger partial charge in [0.15, 0.2) is 0 Å². The van der Waals surface area contributed by atoms with E-state index in [4.69, 9.17) is 0 Å². The summed E-state index contributed by atoms with van der Waals surface area (Å²) < 4.78 is 0. The fraction of sp³-hybridized carbons (Fsp3) is 0.619. The highest BCUT2D eigenvalue weighted by Gasteiger charge is 2.39. The third-order valence-electron chi connectivity index (χ3n) is 6.09. The Balaban J connectivity index is 1.55. The van der Waals surface area contributed by atoms with Gasteiger partial charge in [-0.2, -0.15) is 5.26 Å². The van der Waals surface area contributed by atoms with Crippen molar-refractivity contribution in [3.63, 3.8) is 0 Å². The van der Waals surface area contributed by atoms with Gasteiger partial charge >= 0.3 is 0 Å². The molecule has 0 N–H and O–H groups in total. The van der Waals surface area contributed by atoms with Crippen molar-refractivity contribution in [2.45, 2.75) is 44.6 Å². The lowest BCUT2D eigenvalue weighted by molar-refractivity contribution is -0.136. The number of nitriles is 1. The molecule has 5 nitrogen and oxygen atoms in total. The summed E-state index contributed by atoms with van der Waals surface area (Å²) in [4.78, 5) is 19.2. The van der Waals surface area contributed by atoms with Crippen molar-refractivity contribution < 1.29 is 4.79 Å². The Morgan fingerprint density at radius 1 is 1.15 bits per heavy atom. The second kappa shape index (κ2) is 8.09. The largest absolute Gasteiger partial charge is 0.369 e. The number of hydrogen-bond donors (Lipinski definition) is 0. The zero-order valence-corrected chi connectivity index (χ0v) is 16.1. The molecule has 1 aromatic rings. The van der Waals surface area contributed by atoms with Crippen molar-refractivity contribution in [3.05, 3.63) is 29.8 Å². The molecule has 3 rings (SSSR count). The van der Waals surface area contributed by atoms with E-state index in [1.807, 2.05) is 7.05 Å². The van der Waals surface area contributed by atoms with E-state index >= 15 is 0 Å². The van der Waals surface area contributed by atoms with Crippen LogP contribution in [0, 0.1) is 18.3 Å². The molecule has 0 bridgehead atoms. The Labute approximate surface area is 157 Å². The maximum atomic E-state index is 12.8. The van der Waals surface area contributed by atoms with E-state index in [1.54, 1.807) is 4.90 Å². The topological polar surface area (TPSA) is 50.6 Å². The summed E-state index contributed by atoms with van der Waals surface area (Å²) in [6, 6.07) is 10.9. The average Bonchev–Trinajstić information content (AvgIpc) is 2.69. The number of piperazine rings is 1. The SMILES string of the molecule is Cc1ccccc1N1CCN(CC(=O)N(C)C2(C#N)CCCCC2)CC1. The molecule has 26 heavy (non-hydrogen) atoms. The summed E-state index contributed by atoms with van der Waals surface area (Å²) in [6.07, 6.45) is 4.88. The van der Waals surface area contributed by atoms with E-state index in [-0.39, 0.29) is 5.91 Å². The molecule has 0 radical (unpaired) electrons. The van der Waals surface area contributed by atoms with Gasteiger partial charge in [-0.25, -0.2) is 0 Å². The third-order valence-corrected chi connectivity index (χ3v) is 6.09. The molecule has 1 aliphatic heterocycles. The standard InChI is InChI=1S/C21H30N4O/c1-18-8-4-5-9-19(18)25-14-12-24(13-15-25)16-20(26)23(2)21(17-22)10-6-3-7-11-21/h4-5,8-9H,3,6-7,10-16H2,1-2H3. The van der Waals surface area contributed by atoms with Gasteiger partial charge < -0.3 is 9.80 Å². The van der Waals surface area contributed by atoms with Crippen LogP contribution in [0.4, 0.5) is 5.69 Å². The molecule has 1 saturated heterocycles. The summed E-state index contributed by atoms with van der Waals surface area (Å²) >= 11 is 0. The molecule has 1 saturated carbocycles. The number of benzene rings is 1. The van der Waals surface area contributed by atoms with Crippen LogP contribution in [0.25, 0.3) is 0 Å². The average molecular weight is 354 g/mol. The molecular weight excluding hydrogens is 324 g/mol. The first kappa shape index (κ1) is 18.7. The molecule has 2 fully saturated rings. The lowest BCUT2D eigenvalue weighted by Crippen LogP contribution is -2.55. The summed E-state index contributed by atoms with van der Waals surface area (Å²) in [5, 5.41) is 9.69. The lowest BCUT2D eigenvalue weighted by Gasteiger charge is -2.41. The molecule has 5 heteroatoms. The Morgan fingerprint density at radius 3 is 2.42 bits per heavy atom. The van der Waals surface area contributed by atoms with Crippen molar-refractivity contribution in [3.8, 4) is 6.07 Å². The zero-order chi connectivity index (χ0) is 18.6. The van der Waals surface area contributed by atoms with E-state index in [0.29, 0.717) is 6.54 Å². The highest BCUT2D eigenvalue weighted by Crippen LogP contribution is 2.32. The van der Waals surface area contributed by atoms with Gasteiger partial charge in [0.05, 0.1) is 12.6 Å². The van der Waals surface area contributed by atoms with E-state index in [2.05, 4.69) is 47.1 Å². The van der Waals surface area contributed by atoms with Gasteiger partial charge in [-0.05, 0) is 31.4 Å². The fourth-order valence-corrected chi connectivity index (χ4v) is 4.26. The minimum Gasteiger partial charge on any atom is -0.369 e. The lowest BCUT2D eigenvalue weighted by atomic mass is 9.81. The minimum atomic E-state index is -0.585. The zero-order valence-electron chi connectivity index (χ0n) is 16.1. The van der Waals surface area contributed by atoms with Crippen LogP contribution >= 0.6 is 0 Å². The monoisotopic (exact) mass is 354 g/mol. The van der Waals surface area contributed by atoms with Gasteiger partial charge in [-0.15, -0.1) is 0 Å². The van der Waals surface area contributed by atoms with Crippen LogP contribution in [-0.2, 0) is 4.79 Å². The number of carbonyl (C=O) groups is 1. The van der Waals surface area contributed by atoms with Gasteiger partial charge in [-0.1, -0.05) is 37.5 Å². The van der Waals surface area contributed by atoms with Gasteiger partial charge in [0.1, 0.15) is 5.54 Å². The smallest absolute Gasteiger partial charge is 0.237 e. The molecule has 0 spiro atoms. The normalized spacial score (nSPS) is 20.4. The maximum absolute atomic E-state index is 12.8. The number of amides is 1. The Kier molecular flexibility index (Phi) is 5.83. The summed E-state index contributed by atoms with van der Waals surface area (Å²) in [6.45, 7) is 6.20. The van der Waals surface area contributed by atoms with Crippen LogP contribution in [0.15, 0.2) is 24.3 Å². The fourth-order valence-electron chi connectivity index (χ4n) is 4.26. The molecular formula is C21H30N4O. The molecule has 0 aromatic heterocycles. The van der Waals surface area contributed by atoms with E-state index in [9.17, 15) is 10.1 Å². The number of carbonyl (C=O) groups excluding carboxylic acids is 1. The second-order valence-electron chi connectivity index (χ2n) is 7.71. The van der Waals surface area contributed by atoms with Crippen molar-refractivity contribution in [2.75, 3.05) is 44.7 Å². The first-order valence-electron chi connectivity index (χ1n) is 9.76. The van der Waals surface area contributed by atoms with Gasteiger partial charge in [-0.3, -0.25) is 9.69 Å². The Bertz CT molecular complexity index is 667. The predicted octanol–water partition coefficient (Wildman–Crippen LogP) is 2.80. The highest BCUT2D eigenvalue weighted by molar-refractivity contribution is 5.79. The van der Waals surface area contributed by atoms with Crippen LogP contribution in [0.2, 0.25) is 0 Å². The van der Waals surface area contributed by atoms with E-state index in [1.165, 1.54) is 17.7 Å². The van der Waals surface area contributed by atoms with Crippen LogP contribution in [-0.4, -0.2) is 61.0 Å². The minimum absolute atomic E-state index is 0.0813. The van der Waals surface area contributed by atoms with Crippen LogP contribution in [0.3, 0.4) is 0 Å². The Hall–Kier alpha value is -2.06. The molecule has 0 atom stereocenters. The molecule has 140 valence electrons. The van der Waals surface area contributed by atoms with Crippen molar-refractivity contribution >= 4 is 11.6 Å². The predicted molar refractivity (Wildman–Crippen MR) is 104 cm³/mol. The van der Waals surface area contributed by atoms with Gasteiger partial charge in [0, 0.05) is 38.9 Å². The van der Waals surface area contributed by atoms with E-state index in [0.717, 1.165) is 51.9 Å². The number of nitrogens with zero attached hydrogens (tertiary/aromatic N) is 4. The van der Waals surface area contributed by atoms with E-state index < -0.39 is 5.54 Å². The summed E-state index contributed by atoms with van der Waals surface area (Å²) in [7, 11) is 1.82. The molecule has 0 unspecified atom stereocenters. The summed E-state index contributed by atoms with van der Waals surface area (Å²) in [5.74, 6) is 0.0813. The molecule has 1 amide bonds. The van der Waals surface area contributed by atoms with Gasteiger partial charge in [0.2, 0.25) is 5.91 Å². The van der Waals surface area contributed by atoms with Crippen molar-refractivity contribution in [1.29, 1.82) is 5.26 Å². The highest BCUT2D eigenvalue weighted by atomic mass is 16.2. The molecule has 1 aromatic carbocycles. The maximum Gasteiger partial charge on any atom is 0.237 e. The first-order valence-corrected chi connectivity index (χ1v) is 9.76. The molecule has 1 aliphatic carbocycles. The number of likely N-dealkylation sites (N-methyl/N-ethyl adjacent to an activating group) is 1. The van der Waals surface area contributed by atoms with Crippen LogP contribution < -0.4 is 4.90 Å². The quantitative estimate of drug-likeness (QED) is 0.834. The van der Waals surface area contributed by atoms with Crippen LogP contribution in [0.1, 0.15) is 37.7 Å².